The number of rotatable bonds is 7. The highest BCUT2D eigenvalue weighted by Gasteiger charge is 2.50. The summed E-state index contributed by atoms with van der Waals surface area (Å²) in [6.07, 6.45) is 4.87. The van der Waals surface area contributed by atoms with Gasteiger partial charge in [0.25, 0.3) is 0 Å². The second-order valence-electron chi connectivity index (χ2n) is 10.3. The smallest absolute Gasteiger partial charge is 0.343 e. The number of aliphatic hydroxyl groups is 1. The Morgan fingerprint density at radius 2 is 2.18 bits per heavy atom. The maximum atomic E-state index is 14.7. The highest BCUT2D eigenvalue weighted by molar-refractivity contribution is 5.91. The number of nitrogens with zero attached hydrogens (tertiary/aromatic N) is 5. The second kappa shape index (κ2) is 9.51. The minimum absolute atomic E-state index is 0.0306. The van der Waals surface area contributed by atoms with Gasteiger partial charge in [-0.2, -0.15) is 0 Å². The van der Waals surface area contributed by atoms with Crippen molar-refractivity contribution in [2.75, 3.05) is 20.3 Å². The molecule has 39 heavy (non-hydrogen) atoms. The van der Waals surface area contributed by atoms with Crippen LogP contribution in [0.2, 0.25) is 0 Å². The van der Waals surface area contributed by atoms with Gasteiger partial charge in [-0.25, -0.2) is 18.9 Å². The van der Waals surface area contributed by atoms with Crippen molar-refractivity contribution in [1.82, 2.24) is 24.9 Å². The molecule has 0 radical (unpaired) electrons. The molecule has 6 rings (SSSR count). The summed E-state index contributed by atoms with van der Waals surface area (Å²) in [4.78, 5) is 19.6. The molecule has 0 amide bonds. The lowest BCUT2D eigenvalue weighted by atomic mass is 9.82. The van der Waals surface area contributed by atoms with E-state index in [1.165, 1.54) is 6.07 Å². The Morgan fingerprint density at radius 1 is 1.36 bits per heavy atom. The molecule has 0 spiro atoms. The van der Waals surface area contributed by atoms with Crippen molar-refractivity contribution in [2.45, 2.75) is 58.0 Å². The molecule has 10 nitrogen and oxygen atoms in total. The van der Waals surface area contributed by atoms with Gasteiger partial charge in [0, 0.05) is 48.0 Å². The van der Waals surface area contributed by atoms with E-state index in [9.17, 15) is 14.3 Å². The zero-order valence-electron chi connectivity index (χ0n) is 22.2. The van der Waals surface area contributed by atoms with Crippen LogP contribution in [0.1, 0.15) is 47.8 Å². The minimum atomic E-state index is -1.78. The normalized spacial score (nSPS) is 22.1. The fourth-order valence-corrected chi connectivity index (χ4v) is 5.85. The monoisotopic (exact) mass is 534 g/mol. The molecule has 0 aliphatic carbocycles. The van der Waals surface area contributed by atoms with Gasteiger partial charge in [0.2, 0.25) is 0 Å². The number of benzene rings is 1. The third kappa shape index (κ3) is 3.95. The van der Waals surface area contributed by atoms with Crippen molar-refractivity contribution in [3.63, 3.8) is 0 Å². The van der Waals surface area contributed by atoms with Gasteiger partial charge in [-0.1, -0.05) is 12.1 Å². The third-order valence-corrected chi connectivity index (χ3v) is 7.99. The van der Waals surface area contributed by atoms with Gasteiger partial charge in [0.1, 0.15) is 12.4 Å². The molecule has 2 atom stereocenters. The van der Waals surface area contributed by atoms with Crippen LogP contribution in [0.3, 0.4) is 0 Å². The maximum Gasteiger partial charge on any atom is 0.343 e. The van der Waals surface area contributed by atoms with Gasteiger partial charge >= 0.3 is 5.97 Å². The van der Waals surface area contributed by atoms with E-state index in [-0.39, 0.29) is 18.8 Å². The number of fused-ring (bicyclic) bond motifs is 4. The van der Waals surface area contributed by atoms with Crippen molar-refractivity contribution in [1.29, 1.82) is 0 Å². The number of hydrogen-bond donors (Lipinski definition) is 2. The first-order valence-electron chi connectivity index (χ1n) is 13.1. The molecule has 0 saturated carbocycles. The van der Waals surface area contributed by atoms with E-state index >= 15 is 0 Å². The van der Waals surface area contributed by atoms with Gasteiger partial charge in [0.05, 0.1) is 29.1 Å². The fraction of sp³-hybridized carbons (Fsp3) is 0.429. The molecule has 3 aliphatic heterocycles. The molecule has 1 unspecified atom stereocenters. The number of halogens is 1. The summed E-state index contributed by atoms with van der Waals surface area (Å²) in [5.41, 5.74) is 10.2. The number of pyridine rings is 1. The van der Waals surface area contributed by atoms with Gasteiger partial charge in [-0.05, 0) is 56.0 Å². The molecule has 0 saturated heterocycles. The lowest BCUT2D eigenvalue weighted by Gasteiger charge is -2.42. The lowest BCUT2D eigenvalue weighted by molar-refractivity contribution is -0.164. The van der Waals surface area contributed by atoms with Crippen LogP contribution >= 0.6 is 0 Å². The molecule has 0 fully saturated rings. The first-order valence-corrected chi connectivity index (χ1v) is 13.1. The molecule has 11 heteroatoms. The average Bonchev–Trinajstić information content (AvgIpc) is 3.53. The largest absolute Gasteiger partial charge is 0.459 e. The Morgan fingerprint density at radius 3 is 2.92 bits per heavy atom. The van der Waals surface area contributed by atoms with Gasteiger partial charge in [-0.15, -0.1) is 5.10 Å². The van der Waals surface area contributed by atoms with Crippen molar-refractivity contribution in [3.05, 3.63) is 69.4 Å². The van der Waals surface area contributed by atoms with Crippen molar-refractivity contribution >= 4 is 22.6 Å². The summed E-state index contributed by atoms with van der Waals surface area (Å²) in [6, 6.07) is 3.28. The Kier molecular flexibility index (Phi) is 6.24. The number of aryl methyl sites for hydroxylation is 2. The number of methoxy groups -OCH3 is 1. The molecular weight excluding hydrogens is 503 g/mol. The van der Waals surface area contributed by atoms with E-state index in [2.05, 4.69) is 10.3 Å². The van der Waals surface area contributed by atoms with Crippen molar-refractivity contribution in [3.8, 4) is 0 Å². The Bertz CT molecular complexity index is 1560. The number of ether oxygens (including phenoxy) is 2. The number of nitrogens with two attached hydrogens (primary N) is 1. The zero-order chi connectivity index (χ0) is 27.5. The van der Waals surface area contributed by atoms with Crippen LogP contribution in [0.5, 0.6) is 0 Å². The van der Waals surface area contributed by atoms with Gasteiger partial charge < -0.3 is 25.2 Å². The topological polar surface area (TPSA) is 129 Å². The molecule has 0 bridgehead atoms. The number of esters is 1. The molecule has 1 aromatic carbocycles. The van der Waals surface area contributed by atoms with Crippen molar-refractivity contribution in [2.24, 2.45) is 5.73 Å². The standard InChI is InChI=1S/C28H31FN6O4/c1-4-28(37)21-9-24-25-19(13-35(24)26(38-3)20(21)14-39-27(28)36)18(12-34-11-16(32-33-34)6-5-7-30)17-8-15(2)22(29)10-23(17)31-25/h8-11,26,37H,4-7,12-14,30H2,1-3H3/t26?,28-/m0/s1. The fourth-order valence-electron chi connectivity index (χ4n) is 5.85. The number of aromatic nitrogens is 4. The van der Waals surface area contributed by atoms with E-state index in [1.54, 1.807) is 25.6 Å². The first kappa shape index (κ1) is 25.6. The lowest BCUT2D eigenvalue weighted by Crippen LogP contribution is -2.50. The summed E-state index contributed by atoms with van der Waals surface area (Å²) in [5, 5.41) is 20.8. The van der Waals surface area contributed by atoms with Gasteiger partial charge in [-0.3, -0.25) is 0 Å². The molecule has 5 heterocycles. The van der Waals surface area contributed by atoms with Crippen LogP contribution in [0.15, 0.2) is 35.6 Å². The van der Waals surface area contributed by atoms with Crippen LogP contribution in [0, 0.1) is 12.7 Å². The minimum Gasteiger partial charge on any atom is -0.459 e. The number of cyclic esters (lactones) is 1. The van der Waals surface area contributed by atoms with E-state index in [1.807, 2.05) is 23.2 Å². The van der Waals surface area contributed by atoms with Crippen LogP contribution in [-0.4, -0.2) is 68.0 Å². The van der Waals surface area contributed by atoms with Crippen LogP contribution in [0.25, 0.3) is 16.6 Å². The Balaban J connectivity index is 1.53. The number of hydrogen-bond acceptors (Lipinski definition) is 9. The third-order valence-electron chi connectivity index (χ3n) is 7.99. The molecular formula is C28H31FN6O4. The predicted octanol–water partition coefficient (Wildman–Crippen LogP) is 2.35. The highest BCUT2D eigenvalue weighted by atomic mass is 19.1. The zero-order valence-corrected chi connectivity index (χ0v) is 22.2. The molecule has 2 aromatic heterocycles. The van der Waals surface area contributed by atoms with E-state index in [0.29, 0.717) is 53.3 Å². The molecule has 3 aliphatic rings. The first-order chi connectivity index (χ1) is 18.8. The van der Waals surface area contributed by atoms with E-state index < -0.39 is 17.8 Å². The van der Waals surface area contributed by atoms with Crippen LogP contribution in [-0.2, 0) is 33.8 Å². The van der Waals surface area contributed by atoms with E-state index in [0.717, 1.165) is 35.0 Å². The van der Waals surface area contributed by atoms with Crippen LogP contribution in [0.4, 0.5) is 4.39 Å². The summed E-state index contributed by atoms with van der Waals surface area (Å²) >= 11 is 0. The van der Waals surface area contributed by atoms with Crippen LogP contribution < -0.4 is 5.73 Å². The quantitative estimate of drug-likeness (QED) is 0.439. The summed E-state index contributed by atoms with van der Waals surface area (Å²) < 4.78 is 27.8. The van der Waals surface area contributed by atoms with Gasteiger partial charge in [0.15, 0.2) is 11.8 Å². The maximum absolute atomic E-state index is 14.7. The summed E-state index contributed by atoms with van der Waals surface area (Å²) in [5.74, 6) is -1.02. The number of carbonyl (C=O) groups is 1. The highest BCUT2D eigenvalue weighted by Crippen LogP contribution is 2.46. The number of carbonyl (C=O) groups excluding carboxylic acids is 1. The second-order valence-corrected chi connectivity index (χ2v) is 10.3. The van der Waals surface area contributed by atoms with Crippen molar-refractivity contribution < 1.29 is 23.8 Å². The Hall–Kier alpha value is -3.67. The SMILES string of the molecule is CC[C@@]1(O)C(=O)OCC2=C1C=C1c3nc4cc(F)c(C)cc4c(Cn4cc(CCCN)nn4)c3CN1C2OC. The summed E-state index contributed by atoms with van der Waals surface area (Å²) in [7, 11) is 1.59. The molecule has 3 aromatic rings. The molecule has 3 N–H and O–H groups in total. The average molecular weight is 535 g/mol. The predicted molar refractivity (Wildman–Crippen MR) is 140 cm³/mol. The Labute approximate surface area is 224 Å². The summed E-state index contributed by atoms with van der Waals surface area (Å²) in [6.45, 7) is 4.96. The molecule has 204 valence electrons. The van der Waals surface area contributed by atoms with E-state index in [4.69, 9.17) is 20.2 Å².